The highest BCUT2D eigenvalue weighted by atomic mass is 15.2. The molecule has 1 aliphatic rings. The predicted molar refractivity (Wildman–Crippen MR) is 87.9 cm³/mol. The Hall–Kier alpha value is -2.43. The number of aromatic amines is 1. The first-order valence-electron chi connectivity index (χ1n) is 7.83. The van der Waals surface area contributed by atoms with Gasteiger partial charge in [0.1, 0.15) is 11.5 Å². The number of benzene rings is 1. The standard InChI is InChI=1S/C17H19N5/c1-12-5-6-13-14(9-12)21-17(20-13)15-10-18-11-16(19-15)22-7-3-2-4-8-22/h5-6,9-11H,2-4,7-8H2,1H3,(H,20,21). The Morgan fingerprint density at radius 1 is 1.05 bits per heavy atom. The molecule has 1 fully saturated rings. The highest BCUT2D eigenvalue weighted by Crippen LogP contribution is 2.22. The van der Waals surface area contributed by atoms with Gasteiger partial charge in [-0.25, -0.2) is 9.97 Å². The molecule has 5 heteroatoms. The van der Waals surface area contributed by atoms with E-state index < -0.39 is 0 Å². The van der Waals surface area contributed by atoms with Gasteiger partial charge in [-0.05, 0) is 43.9 Å². The zero-order valence-electron chi connectivity index (χ0n) is 12.7. The van der Waals surface area contributed by atoms with Crippen LogP contribution >= 0.6 is 0 Å². The quantitative estimate of drug-likeness (QED) is 0.787. The molecule has 3 aromatic rings. The van der Waals surface area contributed by atoms with Crippen molar-refractivity contribution in [1.29, 1.82) is 0 Å². The molecule has 22 heavy (non-hydrogen) atoms. The number of hydrogen-bond donors (Lipinski definition) is 1. The van der Waals surface area contributed by atoms with Gasteiger partial charge in [0.2, 0.25) is 0 Å². The molecule has 1 aliphatic heterocycles. The van der Waals surface area contributed by atoms with Crippen LogP contribution in [0.1, 0.15) is 24.8 Å². The first kappa shape index (κ1) is 13.2. The lowest BCUT2D eigenvalue weighted by atomic mass is 10.1. The number of rotatable bonds is 2. The number of imidazole rings is 1. The second kappa shape index (κ2) is 5.40. The lowest BCUT2D eigenvalue weighted by Crippen LogP contribution is -2.30. The summed E-state index contributed by atoms with van der Waals surface area (Å²) in [5.74, 6) is 1.74. The van der Waals surface area contributed by atoms with Crippen molar-refractivity contribution in [3.63, 3.8) is 0 Å². The third-order valence-electron chi connectivity index (χ3n) is 4.18. The molecule has 3 heterocycles. The molecule has 1 aromatic carbocycles. The topological polar surface area (TPSA) is 57.7 Å². The highest BCUT2D eigenvalue weighted by Gasteiger charge is 2.14. The number of nitrogens with one attached hydrogen (secondary N) is 1. The van der Waals surface area contributed by atoms with E-state index in [2.05, 4.69) is 38.9 Å². The van der Waals surface area contributed by atoms with Gasteiger partial charge in [0, 0.05) is 13.1 Å². The van der Waals surface area contributed by atoms with Crippen molar-refractivity contribution in [2.75, 3.05) is 18.0 Å². The lowest BCUT2D eigenvalue weighted by molar-refractivity contribution is 0.573. The molecule has 0 saturated carbocycles. The average Bonchev–Trinajstić information content (AvgIpc) is 2.99. The molecule has 0 spiro atoms. The minimum atomic E-state index is 0.784. The summed E-state index contributed by atoms with van der Waals surface area (Å²) >= 11 is 0. The Bertz CT molecular complexity index is 802. The van der Waals surface area contributed by atoms with Gasteiger partial charge in [0.25, 0.3) is 0 Å². The molecule has 0 unspecified atom stereocenters. The first-order valence-corrected chi connectivity index (χ1v) is 7.83. The summed E-state index contributed by atoms with van der Waals surface area (Å²) in [5.41, 5.74) is 4.03. The van der Waals surface area contributed by atoms with Gasteiger partial charge in [-0.2, -0.15) is 0 Å². The zero-order chi connectivity index (χ0) is 14.9. The maximum atomic E-state index is 4.75. The Balaban J connectivity index is 1.71. The SMILES string of the molecule is Cc1ccc2nc(-c3cncc(N4CCCCC4)n3)[nH]c2c1. The summed E-state index contributed by atoms with van der Waals surface area (Å²) in [7, 11) is 0. The molecule has 0 aliphatic carbocycles. The fourth-order valence-corrected chi connectivity index (χ4v) is 2.99. The molecule has 1 N–H and O–H groups in total. The van der Waals surface area contributed by atoms with E-state index in [0.717, 1.165) is 41.5 Å². The normalized spacial score (nSPS) is 15.4. The van der Waals surface area contributed by atoms with Gasteiger partial charge in [0.15, 0.2) is 5.82 Å². The molecule has 0 radical (unpaired) electrons. The van der Waals surface area contributed by atoms with Gasteiger partial charge < -0.3 is 9.88 Å². The van der Waals surface area contributed by atoms with E-state index in [1.165, 1.54) is 24.8 Å². The number of nitrogens with zero attached hydrogens (tertiary/aromatic N) is 4. The van der Waals surface area contributed by atoms with Crippen molar-refractivity contribution in [2.24, 2.45) is 0 Å². The number of H-pyrrole nitrogens is 1. The van der Waals surface area contributed by atoms with Crippen molar-refractivity contribution in [2.45, 2.75) is 26.2 Å². The molecule has 0 atom stereocenters. The number of aromatic nitrogens is 4. The van der Waals surface area contributed by atoms with Crippen molar-refractivity contribution in [3.8, 4) is 11.5 Å². The number of piperidine rings is 1. The predicted octanol–water partition coefficient (Wildman–Crippen LogP) is 3.32. The number of aryl methyl sites for hydroxylation is 1. The van der Waals surface area contributed by atoms with Gasteiger partial charge in [-0.1, -0.05) is 6.07 Å². The summed E-state index contributed by atoms with van der Waals surface area (Å²) in [5, 5.41) is 0. The second-order valence-corrected chi connectivity index (χ2v) is 5.92. The second-order valence-electron chi connectivity index (χ2n) is 5.92. The van der Waals surface area contributed by atoms with Crippen LogP contribution < -0.4 is 4.90 Å². The Morgan fingerprint density at radius 2 is 1.91 bits per heavy atom. The number of hydrogen-bond acceptors (Lipinski definition) is 4. The third-order valence-corrected chi connectivity index (χ3v) is 4.18. The van der Waals surface area contributed by atoms with Crippen LogP contribution in [0.2, 0.25) is 0 Å². The van der Waals surface area contributed by atoms with E-state index in [9.17, 15) is 0 Å². The van der Waals surface area contributed by atoms with Crippen LogP contribution in [0.25, 0.3) is 22.6 Å². The molecule has 4 rings (SSSR count). The van der Waals surface area contributed by atoms with Gasteiger partial charge >= 0.3 is 0 Å². The molecular formula is C17H19N5. The Morgan fingerprint density at radius 3 is 2.77 bits per heavy atom. The van der Waals surface area contributed by atoms with Crippen molar-refractivity contribution >= 4 is 16.9 Å². The summed E-state index contributed by atoms with van der Waals surface area (Å²) in [4.78, 5) is 19.4. The number of anilines is 1. The maximum absolute atomic E-state index is 4.75. The largest absolute Gasteiger partial charge is 0.355 e. The summed E-state index contributed by atoms with van der Waals surface area (Å²) in [6.07, 6.45) is 7.40. The van der Waals surface area contributed by atoms with Crippen LogP contribution in [0, 0.1) is 6.92 Å². The van der Waals surface area contributed by atoms with Gasteiger partial charge in [-0.3, -0.25) is 4.98 Å². The van der Waals surface area contributed by atoms with E-state index in [4.69, 9.17) is 4.98 Å². The molecular weight excluding hydrogens is 274 g/mol. The molecule has 1 saturated heterocycles. The van der Waals surface area contributed by atoms with Gasteiger partial charge in [-0.15, -0.1) is 0 Å². The smallest absolute Gasteiger partial charge is 0.158 e. The van der Waals surface area contributed by atoms with Crippen LogP contribution in [0.5, 0.6) is 0 Å². The molecule has 5 nitrogen and oxygen atoms in total. The number of fused-ring (bicyclic) bond motifs is 1. The van der Waals surface area contributed by atoms with Crippen molar-refractivity contribution in [3.05, 3.63) is 36.2 Å². The van der Waals surface area contributed by atoms with Crippen LogP contribution in [-0.4, -0.2) is 33.0 Å². The van der Waals surface area contributed by atoms with Crippen molar-refractivity contribution < 1.29 is 0 Å². The van der Waals surface area contributed by atoms with Gasteiger partial charge in [0.05, 0.1) is 23.4 Å². The van der Waals surface area contributed by atoms with Crippen LogP contribution in [0.15, 0.2) is 30.6 Å². The van der Waals surface area contributed by atoms with E-state index in [0.29, 0.717) is 0 Å². The zero-order valence-corrected chi connectivity index (χ0v) is 12.7. The lowest BCUT2D eigenvalue weighted by Gasteiger charge is -2.27. The first-order chi connectivity index (χ1) is 10.8. The molecule has 0 bridgehead atoms. The molecule has 112 valence electrons. The van der Waals surface area contributed by atoms with E-state index in [1.54, 1.807) is 6.20 Å². The van der Waals surface area contributed by atoms with Crippen LogP contribution in [-0.2, 0) is 0 Å². The minimum Gasteiger partial charge on any atom is -0.355 e. The van der Waals surface area contributed by atoms with E-state index in [-0.39, 0.29) is 0 Å². The minimum absolute atomic E-state index is 0.784. The monoisotopic (exact) mass is 293 g/mol. The Labute approximate surface area is 129 Å². The Kier molecular flexibility index (Phi) is 3.25. The van der Waals surface area contributed by atoms with Crippen LogP contribution in [0.3, 0.4) is 0 Å². The van der Waals surface area contributed by atoms with Crippen LogP contribution in [0.4, 0.5) is 5.82 Å². The fraction of sp³-hybridized carbons (Fsp3) is 0.353. The molecule has 2 aromatic heterocycles. The average molecular weight is 293 g/mol. The third kappa shape index (κ3) is 2.43. The summed E-state index contributed by atoms with van der Waals surface area (Å²) < 4.78 is 0. The highest BCUT2D eigenvalue weighted by molar-refractivity contribution is 5.79. The van der Waals surface area contributed by atoms with E-state index >= 15 is 0 Å². The summed E-state index contributed by atoms with van der Waals surface area (Å²) in [6, 6.07) is 6.21. The fourth-order valence-electron chi connectivity index (χ4n) is 2.99. The summed E-state index contributed by atoms with van der Waals surface area (Å²) in [6.45, 7) is 4.21. The van der Waals surface area contributed by atoms with Crippen molar-refractivity contribution in [1.82, 2.24) is 19.9 Å². The van der Waals surface area contributed by atoms with E-state index in [1.807, 2.05) is 12.3 Å². The molecule has 0 amide bonds. The maximum Gasteiger partial charge on any atom is 0.158 e.